The van der Waals surface area contributed by atoms with Crippen LogP contribution in [0.3, 0.4) is 0 Å². The predicted molar refractivity (Wildman–Crippen MR) is 149 cm³/mol. The molecule has 212 valence electrons. The molecule has 12 nitrogen and oxygen atoms in total. The lowest BCUT2D eigenvalue weighted by Gasteiger charge is -2.32. The van der Waals surface area contributed by atoms with Crippen molar-refractivity contribution in [2.45, 2.75) is 70.4 Å². The van der Waals surface area contributed by atoms with Gasteiger partial charge in [0.15, 0.2) is 17.2 Å². The van der Waals surface area contributed by atoms with E-state index in [4.69, 9.17) is 10.5 Å². The summed E-state index contributed by atoms with van der Waals surface area (Å²) in [6, 6.07) is 7.76. The number of imidazole rings is 1. The number of benzene rings is 1. The standard InChI is InChI=1S/C27H40N8O4/c1-17(2)34(12-6-11-29-25(37)33-19-9-7-18(8-10-19)26(3,4)5)13-20-22(36)27(38,14-39-20)35-16-32-21-23(28)30-15-31-24(21)35/h7-10,15-17,20,22,36,38H,6,11-14H2,1-5H3,(H2,28,30,31)(H2,29,33,37). The Labute approximate surface area is 228 Å². The molecule has 1 fully saturated rings. The van der Waals surface area contributed by atoms with Gasteiger partial charge in [0, 0.05) is 31.4 Å². The molecule has 39 heavy (non-hydrogen) atoms. The Balaban J connectivity index is 1.28. The van der Waals surface area contributed by atoms with E-state index in [1.54, 1.807) is 0 Å². The van der Waals surface area contributed by atoms with Crippen LogP contribution in [0.2, 0.25) is 0 Å². The van der Waals surface area contributed by atoms with E-state index in [-0.39, 0.29) is 29.9 Å². The lowest BCUT2D eigenvalue weighted by Crippen LogP contribution is -2.49. The number of anilines is 2. The molecule has 0 spiro atoms. The molecule has 3 aromatic rings. The normalized spacial score (nSPS) is 21.7. The number of carbonyl (C=O) groups is 1. The first kappa shape index (κ1) is 28.7. The summed E-state index contributed by atoms with van der Waals surface area (Å²) in [5.74, 6) is 0.194. The number of urea groups is 1. The fourth-order valence-corrected chi connectivity index (χ4v) is 4.71. The summed E-state index contributed by atoms with van der Waals surface area (Å²) < 4.78 is 7.25. The zero-order valence-corrected chi connectivity index (χ0v) is 23.3. The first-order valence-corrected chi connectivity index (χ1v) is 13.3. The molecule has 4 rings (SSSR count). The van der Waals surface area contributed by atoms with E-state index >= 15 is 0 Å². The lowest BCUT2D eigenvalue weighted by atomic mass is 9.87. The Bertz CT molecular complexity index is 1270. The van der Waals surface area contributed by atoms with E-state index in [1.165, 1.54) is 22.8 Å². The van der Waals surface area contributed by atoms with Crippen LogP contribution in [-0.4, -0.2) is 85.2 Å². The highest BCUT2D eigenvalue weighted by atomic mass is 16.5. The van der Waals surface area contributed by atoms with Crippen LogP contribution in [0.1, 0.15) is 46.6 Å². The Morgan fingerprint density at radius 1 is 1.26 bits per heavy atom. The molecular weight excluding hydrogens is 500 g/mol. The third kappa shape index (κ3) is 6.30. The molecule has 1 aliphatic rings. The first-order chi connectivity index (χ1) is 18.4. The molecular formula is C27H40N8O4. The Kier molecular flexibility index (Phi) is 8.40. The molecule has 0 radical (unpaired) electrons. The minimum atomic E-state index is -1.74. The summed E-state index contributed by atoms with van der Waals surface area (Å²) in [4.78, 5) is 26.8. The Hall–Kier alpha value is -3.32. The highest BCUT2D eigenvalue weighted by Crippen LogP contribution is 2.33. The quantitative estimate of drug-likeness (QED) is 0.256. The van der Waals surface area contributed by atoms with Gasteiger partial charge in [0.2, 0.25) is 0 Å². The van der Waals surface area contributed by atoms with Crippen molar-refractivity contribution in [1.82, 2.24) is 29.7 Å². The van der Waals surface area contributed by atoms with Crippen molar-refractivity contribution >= 4 is 28.7 Å². The maximum absolute atomic E-state index is 12.4. The Morgan fingerprint density at radius 2 is 1.97 bits per heavy atom. The maximum atomic E-state index is 12.4. The minimum absolute atomic E-state index is 0.0542. The van der Waals surface area contributed by atoms with Gasteiger partial charge >= 0.3 is 6.03 Å². The summed E-state index contributed by atoms with van der Waals surface area (Å²) in [5, 5.41) is 28.2. The van der Waals surface area contributed by atoms with Crippen molar-refractivity contribution in [1.29, 1.82) is 0 Å². The van der Waals surface area contributed by atoms with Gasteiger partial charge in [-0.05, 0) is 43.4 Å². The van der Waals surface area contributed by atoms with Crippen LogP contribution in [0.15, 0.2) is 36.9 Å². The highest BCUT2D eigenvalue weighted by Gasteiger charge is 2.50. The van der Waals surface area contributed by atoms with Gasteiger partial charge in [-0.25, -0.2) is 19.7 Å². The molecule has 6 N–H and O–H groups in total. The fourth-order valence-electron chi connectivity index (χ4n) is 4.71. The predicted octanol–water partition coefficient (Wildman–Crippen LogP) is 2.03. The number of hydrogen-bond acceptors (Lipinski definition) is 9. The minimum Gasteiger partial charge on any atom is -0.385 e. The Morgan fingerprint density at radius 3 is 2.64 bits per heavy atom. The monoisotopic (exact) mass is 540 g/mol. The van der Waals surface area contributed by atoms with Gasteiger partial charge in [-0.1, -0.05) is 32.9 Å². The number of rotatable bonds is 9. The van der Waals surface area contributed by atoms with Gasteiger partial charge < -0.3 is 31.3 Å². The van der Waals surface area contributed by atoms with E-state index in [2.05, 4.69) is 65.1 Å². The molecule has 2 aromatic heterocycles. The first-order valence-electron chi connectivity index (χ1n) is 13.3. The van der Waals surface area contributed by atoms with Crippen LogP contribution in [-0.2, 0) is 15.9 Å². The maximum Gasteiger partial charge on any atom is 0.319 e. The number of ether oxygens (including phenoxy) is 1. The largest absolute Gasteiger partial charge is 0.385 e. The van der Waals surface area contributed by atoms with E-state index in [0.717, 1.165) is 5.69 Å². The number of fused-ring (bicyclic) bond motifs is 1. The van der Waals surface area contributed by atoms with Gasteiger partial charge in [0.1, 0.15) is 24.1 Å². The number of nitrogens with zero attached hydrogens (tertiary/aromatic N) is 5. The molecule has 2 amide bonds. The smallest absolute Gasteiger partial charge is 0.319 e. The van der Waals surface area contributed by atoms with Gasteiger partial charge in [0.05, 0.1) is 12.9 Å². The SMILES string of the molecule is CC(C)N(CCCNC(=O)Nc1ccc(C(C)(C)C)cc1)CC1OCC(O)(n2cnc3c(N)ncnc32)C1O. The number of nitrogens with two attached hydrogens (primary N) is 1. The molecule has 1 aromatic carbocycles. The van der Waals surface area contributed by atoms with Crippen molar-refractivity contribution in [3.63, 3.8) is 0 Å². The number of nitrogen functional groups attached to an aromatic ring is 1. The van der Waals surface area contributed by atoms with Gasteiger partial charge in [0.25, 0.3) is 0 Å². The number of hydrogen-bond donors (Lipinski definition) is 5. The van der Waals surface area contributed by atoms with Crippen LogP contribution >= 0.6 is 0 Å². The summed E-state index contributed by atoms with van der Waals surface area (Å²) >= 11 is 0. The number of nitrogens with one attached hydrogen (secondary N) is 2. The second-order valence-corrected chi connectivity index (χ2v) is 11.4. The highest BCUT2D eigenvalue weighted by molar-refractivity contribution is 5.89. The zero-order chi connectivity index (χ0) is 28.4. The van der Waals surface area contributed by atoms with Gasteiger partial charge in [-0.3, -0.25) is 9.47 Å². The average Bonchev–Trinajstić information content (AvgIpc) is 3.44. The average molecular weight is 541 g/mol. The molecule has 3 unspecified atom stereocenters. The molecule has 0 bridgehead atoms. The molecule has 3 heterocycles. The second-order valence-electron chi connectivity index (χ2n) is 11.4. The molecule has 12 heteroatoms. The fraction of sp³-hybridized carbons (Fsp3) is 0.556. The summed E-state index contributed by atoms with van der Waals surface area (Å²) in [6.07, 6.45) is 1.52. The van der Waals surface area contributed by atoms with Crippen LogP contribution in [0.5, 0.6) is 0 Å². The van der Waals surface area contributed by atoms with E-state index in [1.807, 2.05) is 24.3 Å². The number of aliphatic hydroxyl groups excluding tert-OH is 1. The third-order valence-corrected chi connectivity index (χ3v) is 7.18. The van der Waals surface area contributed by atoms with Crippen LogP contribution in [0.4, 0.5) is 16.3 Å². The zero-order valence-electron chi connectivity index (χ0n) is 23.3. The van der Waals surface area contributed by atoms with Crippen molar-refractivity contribution in [2.24, 2.45) is 0 Å². The summed E-state index contributed by atoms with van der Waals surface area (Å²) in [5.41, 5.74) is 6.80. The molecule has 0 aliphatic carbocycles. The summed E-state index contributed by atoms with van der Waals surface area (Å²) in [7, 11) is 0. The van der Waals surface area contributed by atoms with Crippen molar-refractivity contribution in [3.05, 3.63) is 42.5 Å². The van der Waals surface area contributed by atoms with Crippen LogP contribution < -0.4 is 16.4 Å². The summed E-state index contributed by atoms with van der Waals surface area (Å²) in [6.45, 7) is 12.0. The second kappa shape index (κ2) is 11.4. The molecule has 1 aliphatic heterocycles. The van der Waals surface area contributed by atoms with E-state index in [9.17, 15) is 15.0 Å². The van der Waals surface area contributed by atoms with Crippen molar-refractivity contribution < 1.29 is 19.7 Å². The number of carbonyl (C=O) groups excluding carboxylic acids is 1. The van der Waals surface area contributed by atoms with Crippen molar-refractivity contribution in [2.75, 3.05) is 37.3 Å². The molecule has 3 atom stereocenters. The molecule has 1 saturated heterocycles. The van der Waals surface area contributed by atoms with Gasteiger partial charge in [-0.15, -0.1) is 0 Å². The molecule has 0 saturated carbocycles. The lowest BCUT2D eigenvalue weighted by molar-refractivity contribution is -0.109. The number of aliphatic hydroxyl groups is 2. The van der Waals surface area contributed by atoms with E-state index in [0.29, 0.717) is 37.2 Å². The van der Waals surface area contributed by atoms with Gasteiger partial charge in [-0.2, -0.15) is 0 Å². The van der Waals surface area contributed by atoms with Crippen LogP contribution in [0.25, 0.3) is 11.2 Å². The third-order valence-electron chi connectivity index (χ3n) is 7.18. The van der Waals surface area contributed by atoms with Crippen molar-refractivity contribution in [3.8, 4) is 0 Å². The van der Waals surface area contributed by atoms with E-state index < -0.39 is 17.9 Å². The topological polar surface area (TPSA) is 164 Å². The number of aromatic nitrogens is 4. The van der Waals surface area contributed by atoms with Crippen LogP contribution in [0, 0.1) is 0 Å². The number of amides is 2.